The van der Waals surface area contributed by atoms with Crippen molar-refractivity contribution in [1.29, 1.82) is 5.41 Å². The smallest absolute Gasteiger partial charge is 0.246 e. The number of amidine groups is 1. The molecule has 1 atom stereocenters. The Morgan fingerprint density at radius 2 is 2.23 bits per heavy atom. The van der Waals surface area contributed by atoms with Crippen LogP contribution in [0.25, 0.3) is 0 Å². The molecule has 1 aromatic heterocycles. The van der Waals surface area contributed by atoms with Crippen LogP contribution < -0.4 is 5.32 Å². The van der Waals surface area contributed by atoms with Gasteiger partial charge >= 0.3 is 0 Å². The molecule has 3 rings (SSSR count). The van der Waals surface area contributed by atoms with E-state index in [-0.39, 0.29) is 11.8 Å². The van der Waals surface area contributed by atoms with E-state index in [1.165, 1.54) is 17.4 Å². The van der Waals surface area contributed by atoms with Gasteiger partial charge in [0.25, 0.3) is 0 Å². The Morgan fingerprint density at radius 3 is 2.92 bits per heavy atom. The minimum atomic E-state index is -0.0929. The molecule has 26 heavy (non-hydrogen) atoms. The number of thiophene rings is 1. The van der Waals surface area contributed by atoms with E-state index < -0.39 is 0 Å². The predicted octanol–water partition coefficient (Wildman–Crippen LogP) is 3.63. The molecule has 1 aliphatic heterocycles. The minimum Gasteiger partial charge on any atom is -0.373 e. The van der Waals surface area contributed by atoms with E-state index in [0.29, 0.717) is 23.3 Å². The topological polar surface area (TPSA) is 68.5 Å². The largest absolute Gasteiger partial charge is 0.373 e. The predicted molar refractivity (Wildman–Crippen MR) is 108 cm³/mol. The summed E-state index contributed by atoms with van der Waals surface area (Å²) in [4.78, 5) is 19.3. The Hall–Kier alpha value is -2.44. The number of hydrogen-bond acceptors (Lipinski definition) is 3. The van der Waals surface area contributed by atoms with Crippen LogP contribution in [-0.4, -0.2) is 36.6 Å². The molecule has 1 amide bonds. The van der Waals surface area contributed by atoms with Crippen molar-refractivity contribution >= 4 is 41.0 Å². The van der Waals surface area contributed by atoms with Crippen LogP contribution in [0.4, 0.5) is 0 Å². The average Bonchev–Trinajstić information content (AvgIpc) is 3.04. The average molecular weight is 387 g/mol. The molecule has 0 aliphatic carbocycles. The molecule has 0 radical (unpaired) electrons. The van der Waals surface area contributed by atoms with Crippen LogP contribution in [0.5, 0.6) is 0 Å². The Labute approximate surface area is 161 Å². The summed E-state index contributed by atoms with van der Waals surface area (Å²) in [5.74, 6) is 0.502. The highest BCUT2D eigenvalue weighted by Gasteiger charge is 2.32. The van der Waals surface area contributed by atoms with Crippen LogP contribution >= 0.6 is 22.9 Å². The highest BCUT2D eigenvalue weighted by Crippen LogP contribution is 2.41. The first kappa shape index (κ1) is 18.4. The molecule has 0 fully saturated rings. The van der Waals surface area contributed by atoms with E-state index in [0.717, 1.165) is 27.9 Å². The second-order valence-corrected chi connectivity index (χ2v) is 7.62. The molecule has 0 bridgehead atoms. The van der Waals surface area contributed by atoms with E-state index in [4.69, 9.17) is 17.0 Å². The molecule has 1 aromatic carbocycles. The van der Waals surface area contributed by atoms with Gasteiger partial charge in [-0.1, -0.05) is 42.4 Å². The van der Waals surface area contributed by atoms with Gasteiger partial charge in [0.2, 0.25) is 5.91 Å². The fraction of sp³-hybridized carbons (Fsp3) is 0.211. The zero-order valence-electron chi connectivity index (χ0n) is 14.3. The number of carbonyl (C=O) groups excluding carboxylic acids is 1. The second-order valence-electron chi connectivity index (χ2n) is 5.85. The molecule has 2 heterocycles. The lowest BCUT2D eigenvalue weighted by atomic mass is 9.85. The molecule has 2 aromatic rings. The lowest BCUT2D eigenvalue weighted by Gasteiger charge is -2.33. The summed E-state index contributed by atoms with van der Waals surface area (Å²) >= 11 is 7.78. The van der Waals surface area contributed by atoms with Gasteiger partial charge in [-0.3, -0.25) is 10.2 Å². The van der Waals surface area contributed by atoms with Gasteiger partial charge in [0.05, 0.1) is 10.9 Å². The standard InChI is InChI=1S/C19H19ClN4OS/c1-3-18(25)24-9-15(14-8-17(20)26-16(14)10-24)12-6-4-5-7-13(12)19(22-2)23-11-21/h3-8,11,15H,1,9-10H2,2H3,(H2,21,22,23)/t15-/m1/s1. The minimum absolute atomic E-state index is 0.0214. The van der Waals surface area contributed by atoms with Gasteiger partial charge in [0.15, 0.2) is 0 Å². The number of amides is 1. The molecular weight excluding hydrogens is 368 g/mol. The third-order valence-corrected chi connectivity index (χ3v) is 5.70. The summed E-state index contributed by atoms with van der Waals surface area (Å²) in [7, 11) is 1.78. The Morgan fingerprint density at radius 1 is 1.46 bits per heavy atom. The third-order valence-electron chi connectivity index (χ3n) is 4.43. The number of fused-ring (bicyclic) bond motifs is 1. The fourth-order valence-corrected chi connectivity index (χ4v) is 4.65. The third kappa shape index (κ3) is 3.43. The van der Waals surface area contributed by atoms with E-state index in [1.54, 1.807) is 11.9 Å². The zero-order chi connectivity index (χ0) is 18.7. The first-order valence-corrected chi connectivity index (χ1v) is 9.31. The quantitative estimate of drug-likeness (QED) is 0.478. The number of halogens is 1. The molecule has 2 N–H and O–H groups in total. The number of benzene rings is 1. The summed E-state index contributed by atoms with van der Waals surface area (Å²) in [5.41, 5.74) is 3.09. The van der Waals surface area contributed by atoms with Gasteiger partial charge in [-0.2, -0.15) is 0 Å². The maximum atomic E-state index is 12.3. The van der Waals surface area contributed by atoms with Crippen LogP contribution in [0, 0.1) is 5.41 Å². The van der Waals surface area contributed by atoms with E-state index >= 15 is 0 Å². The van der Waals surface area contributed by atoms with Crippen LogP contribution in [0.1, 0.15) is 27.5 Å². The van der Waals surface area contributed by atoms with Gasteiger partial charge in [-0.15, -0.1) is 11.3 Å². The van der Waals surface area contributed by atoms with Crippen molar-refractivity contribution in [3.8, 4) is 0 Å². The van der Waals surface area contributed by atoms with Crippen LogP contribution in [0.2, 0.25) is 4.34 Å². The van der Waals surface area contributed by atoms with Crippen LogP contribution in [0.3, 0.4) is 0 Å². The summed E-state index contributed by atoms with van der Waals surface area (Å²) in [6, 6.07) is 9.90. The maximum absolute atomic E-state index is 12.3. The number of nitrogens with one attached hydrogen (secondary N) is 2. The van der Waals surface area contributed by atoms with Gasteiger partial charge in [-0.25, -0.2) is 4.99 Å². The summed E-state index contributed by atoms with van der Waals surface area (Å²) in [5, 5.41) is 10.4. The number of aliphatic imine (C=N–C) groups is 1. The summed E-state index contributed by atoms with van der Waals surface area (Å²) in [6.45, 7) is 4.70. The van der Waals surface area contributed by atoms with Gasteiger partial charge in [0, 0.05) is 30.0 Å². The van der Waals surface area contributed by atoms with Crippen molar-refractivity contribution < 1.29 is 4.79 Å². The molecular formula is C19H19ClN4OS. The van der Waals surface area contributed by atoms with Gasteiger partial charge in [0.1, 0.15) is 12.2 Å². The highest BCUT2D eigenvalue weighted by atomic mass is 35.5. The molecule has 0 unspecified atom stereocenters. The number of rotatable bonds is 4. The highest BCUT2D eigenvalue weighted by molar-refractivity contribution is 7.16. The maximum Gasteiger partial charge on any atom is 0.246 e. The Balaban J connectivity index is 2.13. The van der Waals surface area contributed by atoms with Crippen molar-refractivity contribution in [2.75, 3.05) is 13.6 Å². The first-order valence-electron chi connectivity index (χ1n) is 8.12. The molecule has 134 valence electrons. The lowest BCUT2D eigenvalue weighted by molar-refractivity contribution is -0.127. The molecule has 1 aliphatic rings. The zero-order valence-corrected chi connectivity index (χ0v) is 15.9. The Kier molecular flexibility index (Phi) is 5.54. The van der Waals surface area contributed by atoms with Gasteiger partial charge in [-0.05, 0) is 23.3 Å². The number of hydrogen-bond donors (Lipinski definition) is 2. The molecule has 0 spiro atoms. The number of carbonyl (C=O) groups is 1. The lowest BCUT2D eigenvalue weighted by Crippen LogP contribution is -2.37. The second kappa shape index (κ2) is 7.85. The van der Waals surface area contributed by atoms with Crippen molar-refractivity contribution in [3.05, 3.63) is 68.9 Å². The van der Waals surface area contributed by atoms with Gasteiger partial charge < -0.3 is 10.2 Å². The molecule has 0 saturated carbocycles. The van der Waals surface area contributed by atoms with Crippen LogP contribution in [-0.2, 0) is 11.3 Å². The van der Waals surface area contributed by atoms with E-state index in [2.05, 4.69) is 16.9 Å². The Bertz CT molecular complexity index is 889. The fourth-order valence-electron chi connectivity index (χ4n) is 3.30. The molecule has 7 heteroatoms. The van der Waals surface area contributed by atoms with Crippen molar-refractivity contribution in [2.45, 2.75) is 12.5 Å². The van der Waals surface area contributed by atoms with E-state index in [9.17, 15) is 4.79 Å². The summed E-state index contributed by atoms with van der Waals surface area (Å²) < 4.78 is 0.715. The van der Waals surface area contributed by atoms with Crippen molar-refractivity contribution in [1.82, 2.24) is 10.2 Å². The van der Waals surface area contributed by atoms with Crippen LogP contribution in [0.15, 0.2) is 48.0 Å². The first-order chi connectivity index (χ1) is 12.6. The normalized spacial score (nSPS) is 16.8. The summed E-state index contributed by atoms with van der Waals surface area (Å²) in [6.07, 6.45) is 2.36. The molecule has 5 nitrogen and oxygen atoms in total. The van der Waals surface area contributed by atoms with Crippen molar-refractivity contribution in [3.63, 3.8) is 0 Å². The van der Waals surface area contributed by atoms with E-state index in [1.807, 2.05) is 30.3 Å². The number of nitrogens with zero attached hydrogens (tertiary/aromatic N) is 2. The van der Waals surface area contributed by atoms with Crippen molar-refractivity contribution in [2.24, 2.45) is 4.99 Å². The SMILES string of the molecule is C=CC(=O)N1Cc2sc(Cl)cc2[C@@H](c2ccccc2/C(=N/C=N)NC)C1. The monoisotopic (exact) mass is 386 g/mol. The molecule has 0 saturated heterocycles.